The maximum Gasteiger partial charge on any atom is 0.335 e. The van der Waals surface area contributed by atoms with Crippen LogP contribution in [0, 0.1) is 27.7 Å². The van der Waals surface area contributed by atoms with Crippen molar-refractivity contribution in [2.45, 2.75) is 37.5 Å². The lowest BCUT2D eigenvalue weighted by Gasteiger charge is -2.19. The van der Waals surface area contributed by atoms with E-state index in [1.807, 2.05) is 52.0 Å². The Kier molecular flexibility index (Phi) is 8.52. The molecule has 0 bridgehead atoms. The SMILES string of the molecule is C=CC(=O)Oc1ccc(Sc2ccc(OC(=O)C=C)c(C)c2-c2ccc(C)cc2)c(-c2ccc(C)cc2)c1C. The summed E-state index contributed by atoms with van der Waals surface area (Å²) in [6.07, 6.45) is 2.32. The zero-order valence-electron chi connectivity index (χ0n) is 22.5. The summed E-state index contributed by atoms with van der Waals surface area (Å²) < 4.78 is 11.1. The van der Waals surface area contributed by atoms with Crippen LogP contribution in [0.3, 0.4) is 0 Å². The quantitative estimate of drug-likeness (QED) is 0.129. The Hall–Kier alpha value is -4.35. The third-order valence-corrected chi connectivity index (χ3v) is 7.53. The molecule has 4 aromatic carbocycles. The number of hydrogen-bond acceptors (Lipinski definition) is 5. The van der Waals surface area contributed by atoms with Gasteiger partial charge in [-0.05, 0) is 63.1 Å². The monoisotopic (exact) mass is 534 g/mol. The van der Waals surface area contributed by atoms with Crippen LogP contribution >= 0.6 is 11.8 Å². The fraction of sp³-hybridized carbons (Fsp3) is 0.118. The molecule has 0 amide bonds. The number of rotatable bonds is 8. The van der Waals surface area contributed by atoms with Crippen molar-refractivity contribution in [2.24, 2.45) is 0 Å². The van der Waals surface area contributed by atoms with Crippen molar-refractivity contribution in [1.82, 2.24) is 0 Å². The van der Waals surface area contributed by atoms with Gasteiger partial charge in [0.1, 0.15) is 11.5 Å². The lowest BCUT2D eigenvalue weighted by Crippen LogP contribution is -2.06. The smallest absolute Gasteiger partial charge is 0.335 e. The Morgan fingerprint density at radius 2 is 0.949 bits per heavy atom. The van der Waals surface area contributed by atoms with E-state index in [9.17, 15) is 9.59 Å². The zero-order chi connectivity index (χ0) is 28.1. The number of hydrogen-bond donors (Lipinski definition) is 0. The van der Waals surface area contributed by atoms with Crippen molar-refractivity contribution in [3.05, 3.63) is 120 Å². The molecule has 0 unspecified atom stereocenters. The van der Waals surface area contributed by atoms with Crippen molar-refractivity contribution >= 4 is 23.7 Å². The molecule has 0 radical (unpaired) electrons. The summed E-state index contributed by atoms with van der Waals surface area (Å²) in [6, 6.07) is 24.1. The lowest BCUT2D eigenvalue weighted by atomic mass is 9.98. The van der Waals surface area contributed by atoms with Crippen LogP contribution in [-0.2, 0) is 9.59 Å². The molecular formula is C34H30O4S. The molecule has 0 spiro atoms. The average Bonchev–Trinajstić information content (AvgIpc) is 2.93. The molecule has 0 saturated carbocycles. The van der Waals surface area contributed by atoms with Crippen molar-refractivity contribution in [3.8, 4) is 33.8 Å². The summed E-state index contributed by atoms with van der Waals surface area (Å²) in [5.74, 6) is -0.0338. The fourth-order valence-corrected chi connectivity index (χ4v) is 5.56. The van der Waals surface area contributed by atoms with E-state index in [1.165, 1.54) is 0 Å². The largest absolute Gasteiger partial charge is 0.423 e. The molecule has 0 N–H and O–H groups in total. The van der Waals surface area contributed by atoms with Gasteiger partial charge in [0.05, 0.1) is 0 Å². The molecule has 196 valence electrons. The van der Waals surface area contributed by atoms with Gasteiger partial charge in [-0.3, -0.25) is 0 Å². The van der Waals surface area contributed by atoms with Crippen LogP contribution in [0.25, 0.3) is 22.3 Å². The Bertz CT molecular complexity index is 1450. The highest BCUT2D eigenvalue weighted by Gasteiger charge is 2.20. The van der Waals surface area contributed by atoms with E-state index in [4.69, 9.17) is 9.47 Å². The Balaban J connectivity index is 1.89. The van der Waals surface area contributed by atoms with Gasteiger partial charge >= 0.3 is 11.9 Å². The molecule has 0 atom stereocenters. The van der Waals surface area contributed by atoms with Crippen LogP contribution in [0.2, 0.25) is 0 Å². The van der Waals surface area contributed by atoms with Crippen molar-refractivity contribution < 1.29 is 19.1 Å². The summed E-state index contributed by atoms with van der Waals surface area (Å²) >= 11 is 1.61. The first-order valence-electron chi connectivity index (χ1n) is 12.5. The first-order chi connectivity index (χ1) is 18.7. The standard InChI is InChI=1S/C34H30O4S/c1-7-31(35)37-27-17-19-29(33(23(27)5)25-13-9-21(3)10-14-25)39-30-20-18-28(38-32(36)8-2)24(6)34(30)26-15-11-22(4)12-16-26/h7-20H,1-2H2,3-6H3. The minimum absolute atomic E-state index is 0.487. The van der Waals surface area contributed by atoms with Gasteiger partial charge in [-0.2, -0.15) is 0 Å². The molecule has 4 nitrogen and oxygen atoms in total. The van der Waals surface area contributed by atoms with E-state index < -0.39 is 11.9 Å². The number of carbonyl (C=O) groups is 2. The van der Waals surface area contributed by atoms with Gasteiger partial charge in [-0.1, -0.05) is 84.6 Å². The lowest BCUT2D eigenvalue weighted by molar-refractivity contribution is -0.129. The van der Waals surface area contributed by atoms with E-state index in [1.54, 1.807) is 11.8 Å². The minimum Gasteiger partial charge on any atom is -0.423 e. The molecular weight excluding hydrogens is 504 g/mol. The van der Waals surface area contributed by atoms with Gasteiger partial charge in [0.25, 0.3) is 0 Å². The number of esters is 2. The highest BCUT2D eigenvalue weighted by Crippen LogP contribution is 2.46. The number of benzene rings is 4. The maximum absolute atomic E-state index is 12.0. The molecule has 0 aliphatic carbocycles. The molecule has 4 aromatic rings. The Labute approximate surface area is 234 Å². The van der Waals surface area contributed by atoms with Gasteiger partial charge in [0, 0.05) is 44.2 Å². The summed E-state index contributed by atoms with van der Waals surface area (Å²) in [6.45, 7) is 15.0. The number of carbonyl (C=O) groups excluding carboxylic acids is 2. The third-order valence-electron chi connectivity index (χ3n) is 6.41. The van der Waals surface area contributed by atoms with Crippen LogP contribution in [0.1, 0.15) is 22.3 Å². The molecule has 5 heteroatoms. The second-order valence-electron chi connectivity index (χ2n) is 9.21. The van der Waals surface area contributed by atoms with Crippen LogP contribution in [0.5, 0.6) is 11.5 Å². The summed E-state index contributed by atoms with van der Waals surface area (Å²) in [5, 5.41) is 0. The fourth-order valence-electron chi connectivity index (χ4n) is 4.30. The molecule has 0 aliphatic heterocycles. The highest BCUT2D eigenvalue weighted by molar-refractivity contribution is 7.99. The molecule has 0 aliphatic rings. The van der Waals surface area contributed by atoms with Crippen LogP contribution in [0.15, 0.2) is 108 Å². The predicted molar refractivity (Wildman–Crippen MR) is 158 cm³/mol. The zero-order valence-corrected chi connectivity index (χ0v) is 23.4. The number of ether oxygens (including phenoxy) is 2. The molecule has 4 rings (SSSR count). The normalized spacial score (nSPS) is 10.6. The summed E-state index contributed by atoms with van der Waals surface area (Å²) in [5.41, 5.74) is 7.99. The van der Waals surface area contributed by atoms with Crippen LogP contribution in [0.4, 0.5) is 0 Å². The summed E-state index contributed by atoms with van der Waals surface area (Å²) in [7, 11) is 0. The van der Waals surface area contributed by atoms with Gasteiger partial charge in [-0.25, -0.2) is 9.59 Å². The van der Waals surface area contributed by atoms with Gasteiger partial charge in [-0.15, -0.1) is 0 Å². The van der Waals surface area contributed by atoms with E-state index in [0.29, 0.717) is 11.5 Å². The number of aryl methyl sites for hydroxylation is 2. The second kappa shape index (κ2) is 12.0. The molecule has 39 heavy (non-hydrogen) atoms. The van der Waals surface area contributed by atoms with E-state index in [0.717, 1.165) is 66.5 Å². The van der Waals surface area contributed by atoms with Crippen molar-refractivity contribution in [1.29, 1.82) is 0 Å². The Morgan fingerprint density at radius 3 is 1.28 bits per heavy atom. The van der Waals surface area contributed by atoms with Crippen molar-refractivity contribution in [2.75, 3.05) is 0 Å². The van der Waals surface area contributed by atoms with Crippen molar-refractivity contribution in [3.63, 3.8) is 0 Å². The molecule has 0 fully saturated rings. The molecule has 0 aromatic heterocycles. The first kappa shape index (κ1) is 27.7. The van der Waals surface area contributed by atoms with Gasteiger partial charge in [0.2, 0.25) is 0 Å². The molecule has 0 saturated heterocycles. The summed E-state index contributed by atoms with van der Waals surface area (Å²) in [4.78, 5) is 26.0. The van der Waals surface area contributed by atoms with Crippen LogP contribution in [-0.4, -0.2) is 11.9 Å². The van der Waals surface area contributed by atoms with Gasteiger partial charge in [0.15, 0.2) is 0 Å². The highest BCUT2D eigenvalue weighted by atomic mass is 32.2. The van der Waals surface area contributed by atoms with Crippen LogP contribution < -0.4 is 9.47 Å². The topological polar surface area (TPSA) is 52.6 Å². The predicted octanol–water partition coefficient (Wildman–Crippen LogP) is 8.59. The minimum atomic E-state index is -0.504. The Morgan fingerprint density at radius 1 is 0.590 bits per heavy atom. The van der Waals surface area contributed by atoms with E-state index in [-0.39, 0.29) is 0 Å². The van der Waals surface area contributed by atoms with Gasteiger partial charge < -0.3 is 9.47 Å². The third kappa shape index (κ3) is 6.21. The average molecular weight is 535 g/mol. The maximum atomic E-state index is 12.0. The van der Waals surface area contributed by atoms with E-state index >= 15 is 0 Å². The van der Waals surface area contributed by atoms with E-state index in [2.05, 4.69) is 61.7 Å². The molecule has 0 heterocycles. The second-order valence-corrected chi connectivity index (χ2v) is 10.3. The first-order valence-corrected chi connectivity index (χ1v) is 13.3.